The van der Waals surface area contributed by atoms with Crippen LogP contribution in [0.1, 0.15) is 35.5 Å². The third-order valence-corrected chi connectivity index (χ3v) is 5.55. The summed E-state index contributed by atoms with van der Waals surface area (Å²) in [6, 6.07) is 12.1. The normalized spacial score (nSPS) is 12.6. The highest BCUT2D eigenvalue weighted by Gasteiger charge is 2.34. The van der Waals surface area contributed by atoms with Crippen LogP contribution < -0.4 is 5.32 Å². The van der Waals surface area contributed by atoms with E-state index in [1.165, 1.54) is 6.07 Å². The summed E-state index contributed by atoms with van der Waals surface area (Å²) in [6.07, 6.45) is -3.01. The van der Waals surface area contributed by atoms with Crippen LogP contribution in [0.3, 0.4) is 0 Å². The van der Waals surface area contributed by atoms with E-state index in [1.54, 1.807) is 24.3 Å². The summed E-state index contributed by atoms with van der Waals surface area (Å²) < 4.78 is 39.4. The highest BCUT2D eigenvalue weighted by Crippen LogP contribution is 2.38. The molecule has 158 valence electrons. The van der Waals surface area contributed by atoms with Crippen molar-refractivity contribution >= 4 is 35.0 Å². The van der Waals surface area contributed by atoms with Gasteiger partial charge < -0.3 is 5.32 Å². The number of nitrogens with zero attached hydrogens (tertiary/aromatic N) is 2. The molecule has 1 atom stereocenters. The average Bonchev–Trinajstić information content (AvgIpc) is 3.15. The number of aryl methyl sites for hydroxylation is 1. The average molecular weight is 455 g/mol. The van der Waals surface area contributed by atoms with Gasteiger partial charge in [0.15, 0.2) is 0 Å². The highest BCUT2D eigenvalue weighted by atomic mass is 35.5. The monoisotopic (exact) mass is 454 g/mol. The van der Waals surface area contributed by atoms with E-state index < -0.39 is 27.9 Å². The van der Waals surface area contributed by atoms with Crippen LogP contribution >= 0.6 is 23.4 Å². The van der Waals surface area contributed by atoms with E-state index in [0.29, 0.717) is 16.5 Å². The van der Waals surface area contributed by atoms with Gasteiger partial charge in [-0.15, -0.1) is 5.10 Å². The van der Waals surface area contributed by atoms with E-state index in [0.717, 1.165) is 36.7 Å². The second-order valence-electron chi connectivity index (χ2n) is 6.40. The van der Waals surface area contributed by atoms with Crippen LogP contribution in [0.2, 0.25) is 5.02 Å². The first-order chi connectivity index (χ1) is 14.3. The smallest absolute Gasteiger partial charge is 0.325 e. The molecule has 2 aromatic carbocycles. The zero-order valence-corrected chi connectivity index (χ0v) is 17.4. The predicted octanol–water partition coefficient (Wildman–Crippen LogP) is 5.90. The number of thioether (sulfide) groups is 1. The molecule has 30 heavy (non-hydrogen) atoms. The Balaban J connectivity index is 1.85. The first kappa shape index (κ1) is 22.2. The molecular weight excluding hydrogens is 437 g/mol. The summed E-state index contributed by atoms with van der Waals surface area (Å²) in [5.41, 5.74) is -0.337. The molecule has 3 aromatic rings. The maximum absolute atomic E-state index is 13.1. The fourth-order valence-corrected chi connectivity index (χ4v) is 3.87. The molecule has 2 N–H and O–H groups in total. The summed E-state index contributed by atoms with van der Waals surface area (Å²) in [4.78, 5) is 17.3. The third kappa shape index (κ3) is 5.54. The molecule has 5 nitrogen and oxygen atoms in total. The third-order valence-electron chi connectivity index (χ3n) is 4.10. The van der Waals surface area contributed by atoms with Crippen molar-refractivity contribution in [2.75, 3.05) is 5.32 Å². The molecule has 0 aliphatic heterocycles. The quantitative estimate of drug-likeness (QED) is 0.436. The van der Waals surface area contributed by atoms with Gasteiger partial charge in [0.05, 0.1) is 10.6 Å². The van der Waals surface area contributed by atoms with Gasteiger partial charge in [-0.3, -0.25) is 9.89 Å². The lowest BCUT2D eigenvalue weighted by molar-refractivity contribution is -0.137. The molecule has 0 fully saturated rings. The number of halogens is 4. The Hall–Kier alpha value is -2.52. The number of aromatic nitrogens is 3. The molecule has 3 rings (SSSR count). The Morgan fingerprint density at radius 3 is 2.63 bits per heavy atom. The van der Waals surface area contributed by atoms with Crippen molar-refractivity contribution in [1.29, 1.82) is 0 Å². The fourth-order valence-electron chi connectivity index (χ4n) is 2.71. The highest BCUT2D eigenvalue weighted by molar-refractivity contribution is 8.00. The second kappa shape index (κ2) is 9.53. The van der Waals surface area contributed by atoms with Crippen LogP contribution in [0.5, 0.6) is 0 Å². The maximum Gasteiger partial charge on any atom is 0.417 e. The molecule has 0 saturated heterocycles. The molecule has 10 heteroatoms. The van der Waals surface area contributed by atoms with Crippen LogP contribution in [0, 0.1) is 0 Å². The zero-order valence-electron chi connectivity index (χ0n) is 15.8. The number of benzene rings is 2. The fraction of sp³-hybridized carbons (Fsp3) is 0.250. The largest absolute Gasteiger partial charge is 0.417 e. The molecule has 1 amide bonds. The molecule has 1 heterocycles. The Labute approximate surface area is 180 Å². The summed E-state index contributed by atoms with van der Waals surface area (Å²) in [6.45, 7) is 2.01. The van der Waals surface area contributed by atoms with Gasteiger partial charge >= 0.3 is 6.18 Å². The lowest BCUT2D eigenvalue weighted by Gasteiger charge is -2.17. The van der Waals surface area contributed by atoms with Crippen LogP contribution in [0.15, 0.2) is 53.7 Å². The minimum absolute atomic E-state index is 0.0000786. The molecule has 0 bridgehead atoms. The summed E-state index contributed by atoms with van der Waals surface area (Å²) in [5.74, 6) is 0.211. The van der Waals surface area contributed by atoms with Crippen LogP contribution in [-0.4, -0.2) is 21.1 Å². The number of hydrogen-bond donors (Lipinski definition) is 2. The number of anilines is 1. The minimum Gasteiger partial charge on any atom is -0.325 e. The van der Waals surface area contributed by atoms with Gasteiger partial charge in [0.25, 0.3) is 0 Å². The Morgan fingerprint density at radius 1 is 1.23 bits per heavy atom. The summed E-state index contributed by atoms with van der Waals surface area (Å²) in [5, 5.41) is 8.70. The van der Waals surface area contributed by atoms with Crippen molar-refractivity contribution in [3.8, 4) is 0 Å². The standard InChI is InChI=1S/C20H18ClF3N4OS/c1-2-6-16-26-19(28-27-16)30-17(12-7-4-3-5-8-12)18(29)25-13-9-10-15(21)14(11-13)20(22,23)24/h3-5,7-11,17H,2,6H2,1H3,(H,25,29)(H,26,27,28)/t17-/m0/s1. The Morgan fingerprint density at radius 2 is 1.97 bits per heavy atom. The van der Waals surface area contributed by atoms with Crippen LogP contribution in [0.25, 0.3) is 0 Å². The van der Waals surface area contributed by atoms with E-state index in [4.69, 9.17) is 11.6 Å². The first-order valence-electron chi connectivity index (χ1n) is 9.08. The van der Waals surface area contributed by atoms with Crippen molar-refractivity contribution in [2.45, 2.75) is 36.3 Å². The second-order valence-corrected chi connectivity index (χ2v) is 7.88. The van der Waals surface area contributed by atoms with Crippen LogP contribution in [0.4, 0.5) is 18.9 Å². The maximum atomic E-state index is 13.1. The van der Waals surface area contributed by atoms with Crippen molar-refractivity contribution in [1.82, 2.24) is 15.2 Å². The number of alkyl halides is 3. The molecule has 0 saturated carbocycles. The van der Waals surface area contributed by atoms with Gasteiger partial charge in [-0.2, -0.15) is 13.2 Å². The van der Waals surface area contributed by atoms with E-state index in [1.807, 2.05) is 13.0 Å². The number of H-pyrrole nitrogens is 1. The Kier molecular flexibility index (Phi) is 7.04. The number of amides is 1. The van der Waals surface area contributed by atoms with E-state index in [9.17, 15) is 18.0 Å². The summed E-state index contributed by atoms with van der Waals surface area (Å²) >= 11 is 6.77. The topological polar surface area (TPSA) is 70.7 Å². The lowest BCUT2D eigenvalue weighted by Crippen LogP contribution is -2.19. The molecular formula is C20H18ClF3N4OS. The molecule has 0 aliphatic carbocycles. The van der Waals surface area contributed by atoms with Gasteiger partial charge in [0, 0.05) is 12.1 Å². The molecule has 1 aromatic heterocycles. The predicted molar refractivity (Wildman–Crippen MR) is 111 cm³/mol. The number of rotatable bonds is 7. The lowest BCUT2D eigenvalue weighted by atomic mass is 10.1. The van der Waals surface area contributed by atoms with Gasteiger partial charge in [0.2, 0.25) is 11.1 Å². The van der Waals surface area contributed by atoms with Gasteiger partial charge in [-0.25, -0.2) is 4.98 Å². The molecule has 0 radical (unpaired) electrons. The van der Waals surface area contributed by atoms with Crippen molar-refractivity contribution in [3.63, 3.8) is 0 Å². The van der Waals surface area contributed by atoms with Gasteiger partial charge in [-0.1, -0.05) is 60.6 Å². The molecule has 0 spiro atoms. The van der Waals surface area contributed by atoms with E-state index in [2.05, 4.69) is 20.5 Å². The molecule has 0 aliphatic rings. The minimum atomic E-state index is -4.62. The van der Waals surface area contributed by atoms with E-state index in [-0.39, 0.29) is 5.69 Å². The van der Waals surface area contributed by atoms with Gasteiger partial charge in [-0.05, 0) is 30.2 Å². The number of carbonyl (C=O) groups is 1. The number of aromatic amines is 1. The zero-order chi connectivity index (χ0) is 21.7. The van der Waals surface area contributed by atoms with Gasteiger partial charge in [0.1, 0.15) is 11.1 Å². The van der Waals surface area contributed by atoms with Crippen molar-refractivity contribution in [2.24, 2.45) is 0 Å². The number of nitrogens with one attached hydrogen (secondary N) is 2. The van der Waals surface area contributed by atoms with E-state index >= 15 is 0 Å². The van der Waals surface area contributed by atoms with Crippen molar-refractivity contribution < 1.29 is 18.0 Å². The first-order valence-corrected chi connectivity index (χ1v) is 10.3. The number of carbonyl (C=O) groups excluding carboxylic acids is 1. The number of hydrogen-bond acceptors (Lipinski definition) is 4. The summed E-state index contributed by atoms with van der Waals surface area (Å²) in [7, 11) is 0. The molecule has 0 unspecified atom stereocenters. The van der Waals surface area contributed by atoms with Crippen LogP contribution in [-0.2, 0) is 17.4 Å². The van der Waals surface area contributed by atoms with Crippen molar-refractivity contribution in [3.05, 3.63) is 70.5 Å². The Bertz CT molecular complexity index is 1010. The SMILES string of the molecule is CCCc1nc(S[C@H](C(=O)Nc2ccc(Cl)c(C(F)(F)F)c2)c2ccccc2)n[nH]1.